The van der Waals surface area contributed by atoms with Gasteiger partial charge in [-0.05, 0) is 28.7 Å². The van der Waals surface area contributed by atoms with E-state index in [-0.39, 0.29) is 0 Å². The molecule has 0 aliphatic rings. The predicted molar refractivity (Wildman–Crippen MR) is 84.3 cm³/mol. The van der Waals surface area contributed by atoms with Crippen molar-refractivity contribution in [2.45, 2.75) is 11.5 Å². The van der Waals surface area contributed by atoms with E-state index in [0.717, 1.165) is 17.1 Å². The lowest BCUT2D eigenvalue weighted by Crippen LogP contribution is -2.32. The zero-order chi connectivity index (χ0) is 14.4. The Morgan fingerprint density at radius 2 is 1.80 bits per heavy atom. The molecular formula is C15H17BO3S. The summed E-state index contributed by atoms with van der Waals surface area (Å²) in [5.41, 5.74) is 2.68. The lowest BCUT2D eigenvalue weighted by Gasteiger charge is -2.11. The molecule has 0 amide bonds. The molecule has 2 N–H and O–H groups in total. The molecule has 5 heteroatoms. The fraction of sp³-hybridized carbons (Fsp3) is 0.200. The van der Waals surface area contributed by atoms with Gasteiger partial charge in [0.1, 0.15) is 5.75 Å². The Morgan fingerprint density at radius 1 is 1.05 bits per heavy atom. The van der Waals surface area contributed by atoms with Gasteiger partial charge < -0.3 is 14.8 Å². The fourth-order valence-electron chi connectivity index (χ4n) is 1.94. The summed E-state index contributed by atoms with van der Waals surface area (Å²) in [7, 11) is 0.152. The largest absolute Gasteiger partial charge is 0.497 e. The second-order valence-electron chi connectivity index (χ2n) is 4.42. The van der Waals surface area contributed by atoms with E-state index in [1.54, 1.807) is 31.0 Å². The monoisotopic (exact) mass is 288 g/mol. The molecule has 3 nitrogen and oxygen atoms in total. The smallest absolute Gasteiger partial charge is 0.488 e. The molecule has 0 bridgehead atoms. The number of methoxy groups -OCH3 is 1. The third kappa shape index (κ3) is 4.03. The number of rotatable bonds is 6. The summed E-state index contributed by atoms with van der Waals surface area (Å²) in [6, 6.07) is 15.5. The molecule has 2 aromatic rings. The van der Waals surface area contributed by atoms with Gasteiger partial charge in [0, 0.05) is 11.5 Å². The third-order valence-electron chi connectivity index (χ3n) is 3.00. The van der Waals surface area contributed by atoms with Crippen molar-refractivity contribution in [1.82, 2.24) is 0 Å². The van der Waals surface area contributed by atoms with Gasteiger partial charge >= 0.3 is 7.12 Å². The van der Waals surface area contributed by atoms with Crippen LogP contribution in [0.3, 0.4) is 0 Å². The minimum atomic E-state index is -1.45. The highest BCUT2D eigenvalue weighted by atomic mass is 32.2. The van der Waals surface area contributed by atoms with Crippen molar-refractivity contribution in [1.29, 1.82) is 0 Å². The fourth-order valence-corrected chi connectivity index (χ4v) is 2.94. The van der Waals surface area contributed by atoms with Gasteiger partial charge in [-0.25, -0.2) is 0 Å². The minimum Gasteiger partial charge on any atom is -0.497 e. The topological polar surface area (TPSA) is 49.7 Å². The number of ether oxygens (including phenoxy) is 1. The highest BCUT2D eigenvalue weighted by Crippen LogP contribution is 2.20. The Balaban J connectivity index is 2.04. The van der Waals surface area contributed by atoms with Crippen molar-refractivity contribution >= 4 is 24.3 Å². The first-order chi connectivity index (χ1) is 9.70. The van der Waals surface area contributed by atoms with Crippen LogP contribution >= 0.6 is 11.8 Å². The second kappa shape index (κ2) is 7.38. The average molecular weight is 288 g/mol. The van der Waals surface area contributed by atoms with Crippen molar-refractivity contribution in [2.24, 2.45) is 0 Å². The average Bonchev–Trinajstić information content (AvgIpc) is 2.48. The van der Waals surface area contributed by atoms with Gasteiger partial charge in [-0.15, -0.1) is 0 Å². The lowest BCUT2D eigenvalue weighted by atomic mass is 9.77. The minimum absolute atomic E-state index is 0.534. The van der Waals surface area contributed by atoms with Crippen LogP contribution < -0.4 is 10.2 Å². The molecule has 2 rings (SSSR count). The van der Waals surface area contributed by atoms with Crippen LogP contribution in [0.5, 0.6) is 5.75 Å². The van der Waals surface area contributed by atoms with Crippen LogP contribution in [-0.4, -0.2) is 24.3 Å². The summed E-state index contributed by atoms with van der Waals surface area (Å²) in [6.45, 7) is 0. The quantitative estimate of drug-likeness (QED) is 0.796. The van der Waals surface area contributed by atoms with Crippen molar-refractivity contribution in [3.63, 3.8) is 0 Å². The Kier molecular flexibility index (Phi) is 5.53. The molecule has 0 heterocycles. The molecule has 104 valence electrons. The van der Waals surface area contributed by atoms with E-state index < -0.39 is 7.12 Å². The molecule has 0 aliphatic heterocycles. The molecule has 0 aromatic heterocycles. The van der Waals surface area contributed by atoms with E-state index >= 15 is 0 Å². The number of benzene rings is 2. The first-order valence-corrected chi connectivity index (χ1v) is 7.51. The van der Waals surface area contributed by atoms with Crippen molar-refractivity contribution < 1.29 is 14.8 Å². The molecule has 0 saturated carbocycles. The van der Waals surface area contributed by atoms with Gasteiger partial charge in [-0.2, -0.15) is 11.8 Å². The van der Waals surface area contributed by atoms with E-state index in [4.69, 9.17) is 4.74 Å². The van der Waals surface area contributed by atoms with E-state index in [0.29, 0.717) is 11.2 Å². The first-order valence-electron chi connectivity index (χ1n) is 6.35. The summed E-state index contributed by atoms with van der Waals surface area (Å²) in [5, 5.41) is 18.8. The molecule has 0 fully saturated rings. The summed E-state index contributed by atoms with van der Waals surface area (Å²) in [5.74, 6) is 2.32. The maximum Gasteiger partial charge on any atom is 0.488 e. The highest BCUT2D eigenvalue weighted by molar-refractivity contribution is 7.97. The van der Waals surface area contributed by atoms with Gasteiger partial charge in [0.15, 0.2) is 0 Å². The third-order valence-corrected chi connectivity index (χ3v) is 4.05. The molecule has 2 aromatic carbocycles. The highest BCUT2D eigenvalue weighted by Gasteiger charge is 2.16. The zero-order valence-electron chi connectivity index (χ0n) is 11.3. The maximum atomic E-state index is 9.39. The molecule has 0 radical (unpaired) electrons. The number of hydrogen-bond donors (Lipinski definition) is 2. The SMILES string of the molecule is COc1ccc(B(O)O)c(CSCc2ccccc2)c1. The second-order valence-corrected chi connectivity index (χ2v) is 5.40. The van der Waals surface area contributed by atoms with Crippen LogP contribution in [0.15, 0.2) is 48.5 Å². The van der Waals surface area contributed by atoms with Gasteiger partial charge in [0.05, 0.1) is 7.11 Å². The van der Waals surface area contributed by atoms with Crippen LogP contribution in [0.25, 0.3) is 0 Å². The van der Waals surface area contributed by atoms with Crippen LogP contribution in [0.1, 0.15) is 11.1 Å². The number of thioether (sulfide) groups is 1. The van der Waals surface area contributed by atoms with E-state index in [1.165, 1.54) is 5.56 Å². The van der Waals surface area contributed by atoms with Gasteiger partial charge in [-0.3, -0.25) is 0 Å². The van der Waals surface area contributed by atoms with Crippen LogP contribution in [0.4, 0.5) is 0 Å². The Labute approximate surface area is 123 Å². The number of hydrogen-bond acceptors (Lipinski definition) is 4. The first kappa shape index (κ1) is 15.0. The summed E-state index contributed by atoms with van der Waals surface area (Å²) in [4.78, 5) is 0. The Hall–Kier alpha value is -1.43. The molecule has 0 atom stereocenters. The van der Waals surface area contributed by atoms with Gasteiger partial charge in [-0.1, -0.05) is 36.4 Å². The Bertz CT molecular complexity index is 546. The van der Waals surface area contributed by atoms with Gasteiger partial charge in [0.2, 0.25) is 0 Å². The maximum absolute atomic E-state index is 9.39. The lowest BCUT2D eigenvalue weighted by molar-refractivity contribution is 0.413. The molecular weight excluding hydrogens is 271 g/mol. The van der Waals surface area contributed by atoms with Crippen LogP contribution in [0.2, 0.25) is 0 Å². The van der Waals surface area contributed by atoms with Crippen molar-refractivity contribution in [2.75, 3.05) is 7.11 Å². The summed E-state index contributed by atoms with van der Waals surface area (Å²) >= 11 is 1.73. The van der Waals surface area contributed by atoms with E-state index in [2.05, 4.69) is 12.1 Å². The van der Waals surface area contributed by atoms with Crippen LogP contribution in [0, 0.1) is 0 Å². The van der Waals surface area contributed by atoms with Crippen LogP contribution in [-0.2, 0) is 11.5 Å². The molecule has 0 aliphatic carbocycles. The van der Waals surface area contributed by atoms with E-state index in [1.807, 2.05) is 24.3 Å². The predicted octanol–water partition coefficient (Wildman–Crippen LogP) is 1.81. The summed E-state index contributed by atoms with van der Waals surface area (Å²) < 4.78 is 5.18. The molecule has 0 saturated heterocycles. The van der Waals surface area contributed by atoms with E-state index in [9.17, 15) is 10.0 Å². The van der Waals surface area contributed by atoms with Gasteiger partial charge in [0.25, 0.3) is 0 Å². The zero-order valence-corrected chi connectivity index (χ0v) is 12.1. The summed E-state index contributed by atoms with van der Waals surface area (Å²) in [6.07, 6.45) is 0. The molecule has 20 heavy (non-hydrogen) atoms. The molecule has 0 unspecified atom stereocenters. The van der Waals surface area contributed by atoms with Crippen molar-refractivity contribution in [3.8, 4) is 5.75 Å². The standard InChI is InChI=1S/C15H17BO3S/c1-19-14-7-8-15(16(17)18)13(9-14)11-20-10-12-5-3-2-4-6-12/h2-9,17-18H,10-11H2,1H3. The Morgan fingerprint density at radius 3 is 2.45 bits per heavy atom. The normalized spacial score (nSPS) is 10.3. The van der Waals surface area contributed by atoms with Crippen molar-refractivity contribution in [3.05, 3.63) is 59.7 Å². The molecule has 0 spiro atoms.